The summed E-state index contributed by atoms with van der Waals surface area (Å²) >= 11 is 0. The second kappa shape index (κ2) is 8.80. The molecule has 6 nitrogen and oxygen atoms in total. The van der Waals surface area contributed by atoms with Crippen molar-refractivity contribution in [2.24, 2.45) is 0 Å². The predicted molar refractivity (Wildman–Crippen MR) is 132 cm³/mol. The Hall–Kier alpha value is -3.90. The third-order valence-electron chi connectivity index (χ3n) is 6.45. The molecule has 0 saturated carbocycles. The molecule has 1 unspecified atom stereocenters. The lowest BCUT2D eigenvalue weighted by Crippen LogP contribution is -2.21. The van der Waals surface area contributed by atoms with Crippen molar-refractivity contribution in [1.29, 1.82) is 0 Å². The minimum atomic E-state index is -0.951. The predicted octanol–water partition coefficient (Wildman–Crippen LogP) is 5.17. The van der Waals surface area contributed by atoms with Crippen molar-refractivity contribution >= 4 is 22.8 Å². The number of carbonyl (C=O) groups is 1. The monoisotopic (exact) mass is 454 g/mol. The number of benzene rings is 3. The lowest BCUT2D eigenvalue weighted by Gasteiger charge is -2.20. The summed E-state index contributed by atoms with van der Waals surface area (Å²) in [6.07, 6.45) is 0. The second-order valence-corrected chi connectivity index (χ2v) is 8.87. The summed E-state index contributed by atoms with van der Waals surface area (Å²) in [5, 5.41) is 13.4. The summed E-state index contributed by atoms with van der Waals surface area (Å²) in [7, 11) is 0. The van der Waals surface area contributed by atoms with E-state index in [0.29, 0.717) is 42.1 Å². The van der Waals surface area contributed by atoms with E-state index in [4.69, 9.17) is 4.42 Å². The van der Waals surface area contributed by atoms with Crippen LogP contribution >= 0.6 is 0 Å². The zero-order chi connectivity index (χ0) is 23.8. The Balaban J connectivity index is 1.48. The van der Waals surface area contributed by atoms with Crippen LogP contribution in [0.1, 0.15) is 51.1 Å². The van der Waals surface area contributed by atoms with E-state index < -0.39 is 5.97 Å². The highest BCUT2D eigenvalue weighted by atomic mass is 16.4. The Bertz CT molecular complexity index is 1430. The van der Waals surface area contributed by atoms with Crippen molar-refractivity contribution in [3.63, 3.8) is 0 Å². The number of nitrogens with one attached hydrogen (secondary N) is 1. The van der Waals surface area contributed by atoms with Gasteiger partial charge in [0.15, 0.2) is 5.43 Å². The fourth-order valence-electron chi connectivity index (χ4n) is 4.64. The van der Waals surface area contributed by atoms with E-state index in [9.17, 15) is 14.7 Å². The molecule has 0 amide bonds. The maximum Gasteiger partial charge on any atom is 0.336 e. The first-order chi connectivity index (χ1) is 16.4. The number of carboxylic acid groups (broad SMARTS) is 1. The smallest absolute Gasteiger partial charge is 0.336 e. The Morgan fingerprint density at radius 1 is 1.06 bits per heavy atom. The molecule has 3 aromatic carbocycles. The standard InChI is InChI=1S/C28H26N2O4/c1-17-11-23(18(2)29-14-19-7-5-6-10-22(19)28(32)33)27-24(12-17)25(31)13-26(34-27)30-15-20-8-3-4-9-21(20)16-30/h3-13,18,29H,14-16H2,1-2H3,(H,32,33). The van der Waals surface area contributed by atoms with Gasteiger partial charge < -0.3 is 19.7 Å². The molecular formula is C28H26N2O4. The molecule has 0 bridgehead atoms. The normalized spacial score (nSPS) is 13.8. The van der Waals surface area contributed by atoms with Crippen molar-refractivity contribution in [3.05, 3.63) is 110 Å². The molecule has 1 atom stereocenters. The topological polar surface area (TPSA) is 82.8 Å². The van der Waals surface area contributed by atoms with Crippen LogP contribution in [0.5, 0.6) is 0 Å². The van der Waals surface area contributed by atoms with Gasteiger partial charge in [0.2, 0.25) is 5.88 Å². The zero-order valence-corrected chi connectivity index (χ0v) is 19.2. The summed E-state index contributed by atoms with van der Waals surface area (Å²) in [5.74, 6) is -0.393. The molecule has 0 fully saturated rings. The van der Waals surface area contributed by atoms with Gasteiger partial charge in [-0.25, -0.2) is 4.79 Å². The van der Waals surface area contributed by atoms with Crippen LogP contribution in [0.3, 0.4) is 0 Å². The molecule has 0 radical (unpaired) electrons. The first kappa shape index (κ1) is 21.9. The minimum absolute atomic E-state index is 0.0689. The Morgan fingerprint density at radius 3 is 2.44 bits per heavy atom. The molecule has 4 aromatic rings. The quantitative estimate of drug-likeness (QED) is 0.418. The fourth-order valence-corrected chi connectivity index (χ4v) is 4.64. The SMILES string of the molecule is Cc1cc(C(C)NCc2ccccc2C(=O)O)c2oc(N3Cc4ccccc4C3)cc(=O)c2c1. The van der Waals surface area contributed by atoms with E-state index in [1.54, 1.807) is 24.3 Å². The third-order valence-corrected chi connectivity index (χ3v) is 6.45. The van der Waals surface area contributed by atoms with Crippen LogP contribution < -0.4 is 15.6 Å². The number of anilines is 1. The van der Waals surface area contributed by atoms with Crippen LogP contribution in [0.4, 0.5) is 5.88 Å². The van der Waals surface area contributed by atoms with Crippen molar-refractivity contribution in [3.8, 4) is 0 Å². The van der Waals surface area contributed by atoms with Crippen molar-refractivity contribution < 1.29 is 14.3 Å². The number of nitrogens with zero attached hydrogens (tertiary/aromatic N) is 1. The molecule has 2 heterocycles. The van der Waals surface area contributed by atoms with E-state index in [1.807, 2.05) is 44.2 Å². The van der Waals surface area contributed by atoms with Crippen LogP contribution in [-0.4, -0.2) is 11.1 Å². The summed E-state index contributed by atoms with van der Waals surface area (Å²) in [6.45, 7) is 5.73. The van der Waals surface area contributed by atoms with E-state index in [0.717, 1.165) is 11.1 Å². The maximum atomic E-state index is 13.1. The number of fused-ring (bicyclic) bond motifs is 2. The maximum absolute atomic E-state index is 13.1. The molecule has 0 saturated heterocycles. The van der Waals surface area contributed by atoms with Gasteiger partial charge in [-0.05, 0) is 48.2 Å². The number of carboxylic acids is 1. The van der Waals surface area contributed by atoms with Crippen LogP contribution in [0.25, 0.3) is 11.0 Å². The molecule has 6 heteroatoms. The lowest BCUT2D eigenvalue weighted by atomic mass is 10.0. The average molecular weight is 455 g/mol. The summed E-state index contributed by atoms with van der Waals surface area (Å²) in [4.78, 5) is 26.7. The van der Waals surface area contributed by atoms with Crippen molar-refractivity contribution in [1.82, 2.24) is 5.32 Å². The highest BCUT2D eigenvalue weighted by molar-refractivity contribution is 5.89. The number of rotatable bonds is 6. The van der Waals surface area contributed by atoms with Gasteiger partial charge in [-0.15, -0.1) is 0 Å². The van der Waals surface area contributed by atoms with Crippen molar-refractivity contribution in [2.45, 2.75) is 39.5 Å². The Labute approximate surface area is 197 Å². The van der Waals surface area contributed by atoms with E-state index >= 15 is 0 Å². The van der Waals surface area contributed by atoms with Crippen LogP contribution in [0, 0.1) is 6.92 Å². The highest BCUT2D eigenvalue weighted by Gasteiger charge is 2.23. The summed E-state index contributed by atoms with van der Waals surface area (Å²) in [6, 6.07) is 20.5. The van der Waals surface area contributed by atoms with Gasteiger partial charge in [0.05, 0.1) is 10.9 Å². The molecule has 1 aliphatic rings. The van der Waals surface area contributed by atoms with Gasteiger partial charge in [0.25, 0.3) is 0 Å². The number of aryl methyl sites for hydroxylation is 1. The van der Waals surface area contributed by atoms with Crippen LogP contribution in [0.2, 0.25) is 0 Å². The molecule has 2 N–H and O–H groups in total. The molecule has 172 valence electrons. The third kappa shape index (κ3) is 4.08. The zero-order valence-electron chi connectivity index (χ0n) is 19.2. The molecular weight excluding hydrogens is 428 g/mol. The van der Waals surface area contributed by atoms with Gasteiger partial charge >= 0.3 is 5.97 Å². The fraction of sp³-hybridized carbons (Fsp3) is 0.214. The highest BCUT2D eigenvalue weighted by Crippen LogP contribution is 2.32. The molecule has 0 spiro atoms. The van der Waals surface area contributed by atoms with E-state index in [-0.39, 0.29) is 17.0 Å². The minimum Gasteiger partial charge on any atom is -0.478 e. The number of aromatic carboxylic acids is 1. The second-order valence-electron chi connectivity index (χ2n) is 8.87. The van der Waals surface area contributed by atoms with E-state index in [1.165, 1.54) is 11.1 Å². The van der Waals surface area contributed by atoms with Gasteiger partial charge in [-0.1, -0.05) is 48.5 Å². The van der Waals surface area contributed by atoms with Gasteiger partial charge in [0.1, 0.15) is 5.58 Å². The summed E-state index contributed by atoms with van der Waals surface area (Å²) < 4.78 is 6.37. The Morgan fingerprint density at radius 2 is 1.74 bits per heavy atom. The number of hydrogen-bond acceptors (Lipinski definition) is 5. The molecule has 0 aliphatic carbocycles. The van der Waals surface area contributed by atoms with Gasteiger partial charge in [-0.3, -0.25) is 4.79 Å². The lowest BCUT2D eigenvalue weighted by molar-refractivity contribution is 0.0695. The average Bonchev–Trinajstić information content (AvgIpc) is 3.27. The molecule has 1 aliphatic heterocycles. The molecule has 1 aromatic heterocycles. The molecule has 5 rings (SSSR count). The first-order valence-corrected chi connectivity index (χ1v) is 11.4. The van der Waals surface area contributed by atoms with Gasteiger partial charge in [-0.2, -0.15) is 0 Å². The van der Waals surface area contributed by atoms with Crippen molar-refractivity contribution in [2.75, 3.05) is 4.90 Å². The molecule has 34 heavy (non-hydrogen) atoms. The first-order valence-electron chi connectivity index (χ1n) is 11.4. The van der Waals surface area contributed by atoms with E-state index in [2.05, 4.69) is 22.3 Å². The number of hydrogen-bond donors (Lipinski definition) is 2. The van der Waals surface area contributed by atoms with Gasteiger partial charge in [0, 0.05) is 37.3 Å². The van der Waals surface area contributed by atoms with Crippen LogP contribution in [-0.2, 0) is 19.6 Å². The Kier molecular flexibility index (Phi) is 5.67. The summed E-state index contributed by atoms with van der Waals surface area (Å²) in [5.41, 5.74) is 5.79. The largest absolute Gasteiger partial charge is 0.478 e. The van der Waals surface area contributed by atoms with Crippen LogP contribution in [0.15, 0.2) is 75.9 Å².